The van der Waals surface area contributed by atoms with E-state index < -0.39 is 0 Å². The summed E-state index contributed by atoms with van der Waals surface area (Å²) in [5, 5.41) is 12.6. The van der Waals surface area contributed by atoms with Gasteiger partial charge in [0.1, 0.15) is 5.82 Å². The summed E-state index contributed by atoms with van der Waals surface area (Å²) >= 11 is 0. The average molecular weight is 396 g/mol. The molecular weight excluding hydrogens is 366 g/mol. The van der Waals surface area contributed by atoms with Crippen LogP contribution in [0.5, 0.6) is 0 Å². The normalized spacial score (nSPS) is 20.4. The van der Waals surface area contributed by atoms with Crippen LogP contribution in [0.25, 0.3) is 0 Å². The Bertz CT molecular complexity index is 832. The molecule has 0 radical (unpaired) electrons. The number of rotatable bonds is 4. The Morgan fingerprint density at radius 3 is 2.66 bits per heavy atom. The van der Waals surface area contributed by atoms with Crippen LogP contribution >= 0.6 is 0 Å². The molecule has 0 bridgehead atoms. The first-order valence-electron chi connectivity index (χ1n) is 10.9. The predicted molar refractivity (Wildman–Crippen MR) is 113 cm³/mol. The average Bonchev–Trinajstić information content (AvgIpc) is 2.80. The molecule has 0 saturated carbocycles. The summed E-state index contributed by atoms with van der Waals surface area (Å²) in [4.78, 5) is 13.7. The van der Waals surface area contributed by atoms with Crippen LogP contribution in [0.3, 0.4) is 0 Å². The van der Waals surface area contributed by atoms with E-state index in [0.29, 0.717) is 6.04 Å². The van der Waals surface area contributed by atoms with E-state index in [-0.39, 0.29) is 0 Å². The summed E-state index contributed by atoms with van der Waals surface area (Å²) in [6, 6.07) is 4.66. The number of nitrogens with one attached hydrogen (secondary N) is 1. The number of hydrogen-bond donors (Lipinski definition) is 1. The van der Waals surface area contributed by atoms with Gasteiger partial charge in [0, 0.05) is 38.4 Å². The number of fused-ring (bicyclic) bond motifs is 1. The highest BCUT2D eigenvalue weighted by atomic mass is 16.5. The quantitative estimate of drug-likeness (QED) is 0.843. The van der Waals surface area contributed by atoms with Crippen molar-refractivity contribution in [3.8, 4) is 0 Å². The standard InChI is InChI=1S/C21H29N7O/c1-2-4-18-16(3-1)15-20(26-25-18)27-9-6-17(7-10-27)23-19-5-8-22-21(24-19)28-11-13-29-14-12-28/h5,8,15,17H,1-4,6-7,9-14H2,(H,22,23,24). The summed E-state index contributed by atoms with van der Waals surface area (Å²) in [5.41, 5.74) is 2.61. The van der Waals surface area contributed by atoms with Gasteiger partial charge in [-0.1, -0.05) is 0 Å². The van der Waals surface area contributed by atoms with Crippen LogP contribution in [-0.4, -0.2) is 65.6 Å². The Morgan fingerprint density at radius 1 is 0.966 bits per heavy atom. The third kappa shape index (κ3) is 4.27. The van der Waals surface area contributed by atoms with E-state index in [9.17, 15) is 0 Å². The van der Waals surface area contributed by atoms with Gasteiger partial charge in [-0.25, -0.2) is 4.98 Å². The second kappa shape index (κ2) is 8.49. The van der Waals surface area contributed by atoms with Crippen LogP contribution in [0.15, 0.2) is 18.3 Å². The molecule has 0 unspecified atom stereocenters. The highest BCUT2D eigenvalue weighted by Gasteiger charge is 2.23. The fraction of sp³-hybridized carbons (Fsp3) is 0.619. The summed E-state index contributed by atoms with van der Waals surface area (Å²) in [7, 11) is 0. The lowest BCUT2D eigenvalue weighted by molar-refractivity contribution is 0.122. The monoisotopic (exact) mass is 395 g/mol. The number of nitrogens with zero attached hydrogens (tertiary/aromatic N) is 6. The second-order valence-corrected chi connectivity index (χ2v) is 8.13. The minimum absolute atomic E-state index is 0.421. The largest absolute Gasteiger partial charge is 0.378 e. The van der Waals surface area contributed by atoms with Crippen LogP contribution in [0.4, 0.5) is 17.6 Å². The molecule has 8 nitrogen and oxygen atoms in total. The molecular formula is C21H29N7O. The molecule has 5 rings (SSSR count). The molecule has 0 spiro atoms. The van der Waals surface area contributed by atoms with E-state index in [0.717, 1.165) is 82.7 Å². The number of hydrogen-bond acceptors (Lipinski definition) is 8. The van der Waals surface area contributed by atoms with Crippen molar-refractivity contribution in [2.45, 2.75) is 44.6 Å². The van der Waals surface area contributed by atoms with Gasteiger partial charge in [0.05, 0.1) is 18.9 Å². The molecule has 29 heavy (non-hydrogen) atoms. The SMILES string of the molecule is c1cc(NC2CCN(c3cc4c(nn3)CCCC4)CC2)nc(N2CCOCC2)n1. The van der Waals surface area contributed by atoms with Gasteiger partial charge in [0.2, 0.25) is 5.95 Å². The Kier molecular flexibility index (Phi) is 5.43. The molecule has 1 aliphatic carbocycles. The number of anilines is 3. The molecule has 0 aromatic carbocycles. The van der Waals surface area contributed by atoms with Gasteiger partial charge in [-0.2, -0.15) is 10.1 Å². The zero-order chi connectivity index (χ0) is 19.5. The van der Waals surface area contributed by atoms with Crippen molar-refractivity contribution in [3.63, 3.8) is 0 Å². The molecule has 154 valence electrons. The van der Waals surface area contributed by atoms with Crippen LogP contribution < -0.4 is 15.1 Å². The first-order valence-corrected chi connectivity index (χ1v) is 10.9. The molecule has 2 aromatic heterocycles. The van der Waals surface area contributed by atoms with Crippen molar-refractivity contribution in [2.75, 3.05) is 54.5 Å². The third-order valence-corrected chi connectivity index (χ3v) is 6.16. The Labute approximate surface area is 171 Å². The Hall–Kier alpha value is -2.48. The maximum atomic E-state index is 5.42. The van der Waals surface area contributed by atoms with E-state index in [1.165, 1.54) is 24.1 Å². The molecule has 4 heterocycles. The maximum Gasteiger partial charge on any atom is 0.227 e. The predicted octanol–water partition coefficient (Wildman–Crippen LogP) is 2.06. The van der Waals surface area contributed by atoms with Gasteiger partial charge in [-0.3, -0.25) is 0 Å². The van der Waals surface area contributed by atoms with Crippen molar-refractivity contribution >= 4 is 17.6 Å². The van der Waals surface area contributed by atoms with Crippen molar-refractivity contribution < 1.29 is 4.74 Å². The lowest BCUT2D eigenvalue weighted by Crippen LogP contribution is -2.40. The highest BCUT2D eigenvalue weighted by Crippen LogP contribution is 2.25. The molecule has 2 aliphatic heterocycles. The van der Waals surface area contributed by atoms with Crippen LogP contribution in [0.2, 0.25) is 0 Å². The second-order valence-electron chi connectivity index (χ2n) is 8.13. The minimum atomic E-state index is 0.421. The lowest BCUT2D eigenvalue weighted by Gasteiger charge is -2.33. The zero-order valence-electron chi connectivity index (χ0n) is 16.9. The summed E-state index contributed by atoms with van der Waals surface area (Å²) < 4.78 is 5.42. The van der Waals surface area contributed by atoms with Gasteiger partial charge in [-0.15, -0.1) is 5.10 Å². The molecule has 0 amide bonds. The fourth-order valence-corrected chi connectivity index (χ4v) is 4.44. The first kappa shape index (κ1) is 18.5. The van der Waals surface area contributed by atoms with E-state index in [1.54, 1.807) is 0 Å². The van der Waals surface area contributed by atoms with Crippen LogP contribution in [-0.2, 0) is 17.6 Å². The molecule has 2 fully saturated rings. The lowest BCUT2D eigenvalue weighted by atomic mass is 9.96. The summed E-state index contributed by atoms with van der Waals surface area (Å²) in [6.07, 6.45) is 8.72. The number of aromatic nitrogens is 4. The van der Waals surface area contributed by atoms with Gasteiger partial charge in [0.15, 0.2) is 5.82 Å². The minimum Gasteiger partial charge on any atom is -0.378 e. The van der Waals surface area contributed by atoms with Crippen molar-refractivity contribution in [3.05, 3.63) is 29.6 Å². The number of aryl methyl sites for hydroxylation is 2. The van der Waals surface area contributed by atoms with E-state index in [1.807, 2.05) is 12.3 Å². The summed E-state index contributed by atoms with van der Waals surface area (Å²) in [6.45, 7) is 5.17. The van der Waals surface area contributed by atoms with E-state index in [2.05, 4.69) is 36.4 Å². The van der Waals surface area contributed by atoms with Crippen molar-refractivity contribution in [1.82, 2.24) is 20.2 Å². The van der Waals surface area contributed by atoms with Crippen molar-refractivity contribution in [1.29, 1.82) is 0 Å². The van der Waals surface area contributed by atoms with Gasteiger partial charge in [0.25, 0.3) is 0 Å². The Balaban J connectivity index is 1.18. The molecule has 8 heteroatoms. The van der Waals surface area contributed by atoms with Gasteiger partial charge < -0.3 is 19.9 Å². The molecule has 1 N–H and O–H groups in total. The maximum absolute atomic E-state index is 5.42. The zero-order valence-corrected chi connectivity index (χ0v) is 16.9. The number of piperidine rings is 1. The smallest absolute Gasteiger partial charge is 0.227 e. The first-order chi connectivity index (χ1) is 14.3. The topological polar surface area (TPSA) is 79.3 Å². The number of ether oxygens (including phenoxy) is 1. The molecule has 2 saturated heterocycles. The van der Waals surface area contributed by atoms with Crippen LogP contribution in [0, 0.1) is 0 Å². The highest BCUT2D eigenvalue weighted by molar-refractivity contribution is 5.45. The van der Waals surface area contributed by atoms with Gasteiger partial charge >= 0.3 is 0 Å². The fourth-order valence-electron chi connectivity index (χ4n) is 4.44. The molecule has 0 atom stereocenters. The van der Waals surface area contributed by atoms with Gasteiger partial charge in [-0.05, 0) is 56.2 Å². The summed E-state index contributed by atoms with van der Waals surface area (Å²) in [5.74, 6) is 2.74. The van der Waals surface area contributed by atoms with E-state index >= 15 is 0 Å². The number of morpholine rings is 1. The third-order valence-electron chi connectivity index (χ3n) is 6.16. The molecule has 3 aliphatic rings. The Morgan fingerprint density at radius 2 is 1.79 bits per heavy atom. The van der Waals surface area contributed by atoms with E-state index in [4.69, 9.17) is 9.72 Å². The molecule has 2 aromatic rings. The van der Waals surface area contributed by atoms with Crippen molar-refractivity contribution in [2.24, 2.45) is 0 Å². The van der Waals surface area contributed by atoms with Crippen LogP contribution in [0.1, 0.15) is 36.9 Å².